The maximum Gasteiger partial charge on any atom is 0.417 e. The molecule has 0 amide bonds. The number of rotatable bonds is 3. The number of hydrogen-bond acceptors (Lipinski definition) is 4. The summed E-state index contributed by atoms with van der Waals surface area (Å²) in [5.74, 6) is 4.19. The maximum atomic E-state index is 13.3. The Bertz CT molecular complexity index is 1180. The molecule has 1 heterocycles. The van der Waals surface area contributed by atoms with E-state index < -0.39 is 23.5 Å². The van der Waals surface area contributed by atoms with E-state index in [0.29, 0.717) is 22.8 Å². The standard InChI is InChI=1S/C23H15ClF3NO3/c1-2-31-22(30)16-6-4-14(19(11-16)17-8-10-21(24)28-13-17)3-5-15-7-9-18(29)12-20(15)23(25,26)27/h4,6-13,29H,2H2,1H3. The van der Waals surface area contributed by atoms with Crippen LogP contribution in [-0.2, 0) is 10.9 Å². The van der Waals surface area contributed by atoms with Crippen LogP contribution in [0.3, 0.4) is 0 Å². The Morgan fingerprint density at radius 2 is 1.81 bits per heavy atom. The molecule has 158 valence electrons. The monoisotopic (exact) mass is 445 g/mol. The summed E-state index contributed by atoms with van der Waals surface area (Å²) < 4.78 is 44.9. The molecule has 0 aliphatic carbocycles. The molecule has 0 aliphatic heterocycles. The molecule has 0 saturated heterocycles. The molecule has 0 fully saturated rings. The Kier molecular flexibility index (Phi) is 6.52. The SMILES string of the molecule is CCOC(=O)c1ccc(C#Cc2ccc(O)cc2C(F)(F)F)c(-c2ccc(Cl)nc2)c1. The normalized spacial score (nSPS) is 10.9. The minimum atomic E-state index is -4.68. The quantitative estimate of drug-likeness (QED) is 0.319. The first kappa shape index (κ1) is 22.2. The van der Waals surface area contributed by atoms with Crippen LogP contribution < -0.4 is 0 Å². The Balaban J connectivity index is 2.13. The number of alkyl halides is 3. The smallest absolute Gasteiger partial charge is 0.417 e. The molecule has 31 heavy (non-hydrogen) atoms. The summed E-state index contributed by atoms with van der Waals surface area (Å²) in [7, 11) is 0. The molecule has 0 aliphatic rings. The fourth-order valence-corrected chi connectivity index (χ4v) is 2.89. The summed E-state index contributed by atoms with van der Waals surface area (Å²) in [6.07, 6.45) is -3.21. The Hall–Kier alpha value is -3.50. The lowest BCUT2D eigenvalue weighted by molar-refractivity contribution is -0.137. The predicted molar refractivity (Wildman–Crippen MR) is 110 cm³/mol. The Morgan fingerprint density at radius 1 is 1.10 bits per heavy atom. The van der Waals surface area contributed by atoms with Gasteiger partial charge in [-0.2, -0.15) is 13.2 Å². The molecule has 4 nitrogen and oxygen atoms in total. The molecule has 2 aromatic carbocycles. The minimum Gasteiger partial charge on any atom is -0.508 e. The summed E-state index contributed by atoms with van der Waals surface area (Å²) in [6.45, 7) is 1.87. The number of aromatic nitrogens is 1. The molecule has 0 spiro atoms. The molecule has 1 aromatic heterocycles. The third-order valence-electron chi connectivity index (χ3n) is 4.21. The highest BCUT2D eigenvalue weighted by Crippen LogP contribution is 2.34. The van der Waals surface area contributed by atoms with Crippen molar-refractivity contribution in [2.75, 3.05) is 6.61 Å². The Labute approximate surface area is 181 Å². The molecule has 0 bridgehead atoms. The van der Waals surface area contributed by atoms with Gasteiger partial charge in [-0.25, -0.2) is 9.78 Å². The van der Waals surface area contributed by atoms with E-state index in [1.54, 1.807) is 19.1 Å². The van der Waals surface area contributed by atoms with Gasteiger partial charge in [0.05, 0.1) is 17.7 Å². The van der Waals surface area contributed by atoms with Gasteiger partial charge in [0.25, 0.3) is 0 Å². The second-order valence-electron chi connectivity index (χ2n) is 6.33. The highest BCUT2D eigenvalue weighted by Gasteiger charge is 2.33. The number of benzene rings is 2. The van der Waals surface area contributed by atoms with E-state index >= 15 is 0 Å². The fraction of sp³-hybridized carbons (Fsp3) is 0.130. The molecule has 0 saturated carbocycles. The molecule has 3 aromatic rings. The number of aromatic hydroxyl groups is 1. The van der Waals surface area contributed by atoms with Crippen molar-refractivity contribution in [3.05, 3.63) is 82.1 Å². The highest BCUT2D eigenvalue weighted by atomic mass is 35.5. The number of hydrogen-bond donors (Lipinski definition) is 1. The molecule has 3 rings (SSSR count). The first-order chi connectivity index (χ1) is 14.7. The van der Waals surface area contributed by atoms with Crippen LogP contribution in [0.15, 0.2) is 54.7 Å². The zero-order valence-electron chi connectivity index (χ0n) is 16.1. The predicted octanol–water partition coefficient (Wildman–Crippen LogP) is 5.70. The van der Waals surface area contributed by atoms with E-state index in [9.17, 15) is 23.1 Å². The van der Waals surface area contributed by atoms with Crippen LogP contribution in [0, 0.1) is 11.8 Å². The molecule has 1 N–H and O–H groups in total. The summed E-state index contributed by atoms with van der Waals surface area (Å²) in [6, 6.07) is 10.6. The zero-order chi connectivity index (χ0) is 22.6. The van der Waals surface area contributed by atoms with E-state index in [4.69, 9.17) is 16.3 Å². The van der Waals surface area contributed by atoms with Gasteiger partial charge in [0.15, 0.2) is 0 Å². The number of esters is 1. The number of phenolic OH excluding ortho intramolecular Hbond substituents is 1. The van der Waals surface area contributed by atoms with Gasteiger partial charge in [-0.3, -0.25) is 0 Å². The van der Waals surface area contributed by atoms with Crippen molar-refractivity contribution in [2.45, 2.75) is 13.1 Å². The van der Waals surface area contributed by atoms with Crippen LogP contribution in [-0.4, -0.2) is 22.7 Å². The van der Waals surface area contributed by atoms with E-state index in [0.717, 1.165) is 12.1 Å². The number of carbonyl (C=O) groups excluding carboxylic acids is 1. The zero-order valence-corrected chi connectivity index (χ0v) is 16.9. The first-order valence-corrected chi connectivity index (χ1v) is 9.42. The lowest BCUT2D eigenvalue weighted by Crippen LogP contribution is -2.07. The molecular weight excluding hydrogens is 431 g/mol. The molecule has 8 heteroatoms. The van der Waals surface area contributed by atoms with Crippen molar-refractivity contribution < 1.29 is 27.8 Å². The summed E-state index contributed by atoms with van der Waals surface area (Å²) in [5.41, 5.74) is 0.352. The van der Waals surface area contributed by atoms with Crippen molar-refractivity contribution in [2.24, 2.45) is 0 Å². The minimum absolute atomic E-state index is 0.194. The number of pyridine rings is 1. The molecular formula is C23H15ClF3NO3. The van der Waals surface area contributed by atoms with Gasteiger partial charge in [-0.15, -0.1) is 0 Å². The van der Waals surface area contributed by atoms with Crippen LogP contribution in [0.4, 0.5) is 13.2 Å². The molecule has 0 unspecified atom stereocenters. The largest absolute Gasteiger partial charge is 0.508 e. The van der Waals surface area contributed by atoms with Gasteiger partial charge in [0.1, 0.15) is 10.9 Å². The maximum absolute atomic E-state index is 13.3. The second-order valence-corrected chi connectivity index (χ2v) is 6.72. The molecule has 0 atom stereocenters. The number of carbonyl (C=O) groups is 1. The van der Waals surface area contributed by atoms with Gasteiger partial charge >= 0.3 is 12.1 Å². The van der Waals surface area contributed by atoms with Crippen LogP contribution in [0.25, 0.3) is 11.1 Å². The lowest BCUT2D eigenvalue weighted by atomic mass is 9.98. The van der Waals surface area contributed by atoms with Crippen LogP contribution >= 0.6 is 11.6 Å². The van der Waals surface area contributed by atoms with Crippen molar-refractivity contribution >= 4 is 17.6 Å². The number of halogens is 4. The third-order valence-corrected chi connectivity index (χ3v) is 4.43. The van der Waals surface area contributed by atoms with Gasteiger partial charge in [-0.05, 0) is 61.0 Å². The van der Waals surface area contributed by atoms with E-state index in [1.165, 1.54) is 24.4 Å². The lowest BCUT2D eigenvalue weighted by Gasteiger charge is -2.10. The topological polar surface area (TPSA) is 59.4 Å². The van der Waals surface area contributed by atoms with Gasteiger partial charge in [-0.1, -0.05) is 23.4 Å². The summed E-state index contributed by atoms with van der Waals surface area (Å²) >= 11 is 5.84. The average Bonchev–Trinajstić information content (AvgIpc) is 2.73. The van der Waals surface area contributed by atoms with Gasteiger partial charge in [0, 0.05) is 22.9 Å². The van der Waals surface area contributed by atoms with Crippen molar-refractivity contribution in [1.29, 1.82) is 0 Å². The first-order valence-electron chi connectivity index (χ1n) is 9.04. The van der Waals surface area contributed by atoms with Crippen molar-refractivity contribution in [3.63, 3.8) is 0 Å². The van der Waals surface area contributed by atoms with Gasteiger partial charge in [0.2, 0.25) is 0 Å². The summed E-state index contributed by atoms with van der Waals surface area (Å²) in [4.78, 5) is 16.1. The number of ether oxygens (including phenoxy) is 1. The molecule has 0 radical (unpaired) electrons. The van der Waals surface area contributed by atoms with Crippen LogP contribution in [0.2, 0.25) is 5.15 Å². The number of nitrogens with zero attached hydrogens (tertiary/aromatic N) is 1. The summed E-state index contributed by atoms with van der Waals surface area (Å²) in [5, 5.41) is 9.68. The Morgan fingerprint density at radius 3 is 2.45 bits per heavy atom. The fourth-order valence-electron chi connectivity index (χ4n) is 2.78. The second kappa shape index (κ2) is 9.11. The van der Waals surface area contributed by atoms with Gasteiger partial charge < -0.3 is 9.84 Å². The van der Waals surface area contributed by atoms with Crippen LogP contribution in [0.1, 0.15) is 34.0 Å². The van der Waals surface area contributed by atoms with E-state index in [1.807, 2.05) is 0 Å². The van der Waals surface area contributed by atoms with Crippen molar-refractivity contribution in [1.82, 2.24) is 4.98 Å². The van der Waals surface area contributed by atoms with E-state index in [2.05, 4.69) is 16.8 Å². The van der Waals surface area contributed by atoms with Crippen molar-refractivity contribution in [3.8, 4) is 28.7 Å². The van der Waals surface area contributed by atoms with E-state index in [-0.39, 0.29) is 22.9 Å². The number of phenols is 1. The van der Waals surface area contributed by atoms with Crippen LogP contribution in [0.5, 0.6) is 5.75 Å². The highest BCUT2D eigenvalue weighted by molar-refractivity contribution is 6.29. The third kappa shape index (κ3) is 5.36. The average molecular weight is 446 g/mol.